The van der Waals surface area contributed by atoms with E-state index < -0.39 is 0 Å². The molecule has 1 saturated carbocycles. The van der Waals surface area contributed by atoms with Crippen LogP contribution in [0.5, 0.6) is 0 Å². The first-order chi connectivity index (χ1) is 10.2. The number of hydrogen-bond donors (Lipinski definition) is 2. The quantitative estimate of drug-likeness (QED) is 0.793. The number of aryl methyl sites for hydroxylation is 1. The SMILES string of the molecule is Cc1cc(CN)nc(N2CCOCC2C(=O)NC2CC2)n1. The van der Waals surface area contributed by atoms with E-state index in [-0.39, 0.29) is 11.9 Å². The standard InChI is InChI=1S/C14H21N5O2/c1-9-6-11(7-15)18-14(16-9)19-4-5-21-8-12(19)13(20)17-10-2-3-10/h6,10,12H,2-5,7-8,15H2,1H3,(H,17,20). The van der Waals surface area contributed by atoms with Gasteiger partial charge < -0.3 is 20.7 Å². The molecule has 1 saturated heterocycles. The highest BCUT2D eigenvalue weighted by Gasteiger charge is 2.34. The summed E-state index contributed by atoms with van der Waals surface area (Å²) in [6, 6.07) is 1.83. The Balaban J connectivity index is 1.82. The molecule has 0 spiro atoms. The van der Waals surface area contributed by atoms with Gasteiger partial charge in [-0.3, -0.25) is 4.79 Å². The Bertz CT molecular complexity index is 532. The molecule has 1 atom stereocenters. The number of nitrogens with zero attached hydrogens (tertiary/aromatic N) is 3. The number of nitrogens with two attached hydrogens (primary N) is 1. The molecule has 3 rings (SSSR count). The number of ether oxygens (including phenoxy) is 1. The smallest absolute Gasteiger partial charge is 0.245 e. The van der Waals surface area contributed by atoms with Gasteiger partial charge in [-0.25, -0.2) is 9.97 Å². The van der Waals surface area contributed by atoms with Crippen molar-refractivity contribution in [2.24, 2.45) is 5.73 Å². The van der Waals surface area contributed by atoms with Gasteiger partial charge in [-0.05, 0) is 25.8 Å². The summed E-state index contributed by atoms with van der Waals surface area (Å²) < 4.78 is 5.46. The molecular formula is C14H21N5O2. The van der Waals surface area contributed by atoms with Crippen molar-refractivity contribution in [3.05, 3.63) is 17.5 Å². The van der Waals surface area contributed by atoms with Gasteiger partial charge in [0.25, 0.3) is 0 Å². The average Bonchev–Trinajstić information content (AvgIpc) is 3.30. The Morgan fingerprint density at radius 1 is 1.52 bits per heavy atom. The molecule has 2 aliphatic rings. The summed E-state index contributed by atoms with van der Waals surface area (Å²) in [5.41, 5.74) is 7.31. The normalized spacial score (nSPS) is 22.2. The van der Waals surface area contributed by atoms with Crippen LogP contribution in [-0.4, -0.2) is 47.7 Å². The number of rotatable bonds is 4. The third-order valence-corrected chi connectivity index (χ3v) is 3.72. The molecule has 7 nitrogen and oxygen atoms in total. The van der Waals surface area contributed by atoms with Crippen LogP contribution >= 0.6 is 0 Å². The second kappa shape index (κ2) is 5.95. The fourth-order valence-corrected chi connectivity index (χ4v) is 2.44. The molecule has 3 N–H and O–H groups in total. The minimum absolute atomic E-state index is 0.00314. The zero-order valence-corrected chi connectivity index (χ0v) is 12.2. The molecule has 1 amide bonds. The van der Waals surface area contributed by atoms with Crippen LogP contribution in [0.25, 0.3) is 0 Å². The van der Waals surface area contributed by atoms with E-state index in [1.54, 1.807) is 0 Å². The number of hydrogen-bond acceptors (Lipinski definition) is 6. The summed E-state index contributed by atoms with van der Waals surface area (Å²) in [4.78, 5) is 23.2. The van der Waals surface area contributed by atoms with Gasteiger partial charge in [-0.1, -0.05) is 0 Å². The molecule has 0 bridgehead atoms. The van der Waals surface area contributed by atoms with Crippen molar-refractivity contribution in [1.82, 2.24) is 15.3 Å². The largest absolute Gasteiger partial charge is 0.377 e. The van der Waals surface area contributed by atoms with Crippen LogP contribution in [0.15, 0.2) is 6.07 Å². The minimum atomic E-state index is -0.369. The summed E-state index contributed by atoms with van der Waals surface area (Å²) in [6.07, 6.45) is 2.13. The molecule has 0 radical (unpaired) electrons. The van der Waals surface area contributed by atoms with E-state index in [9.17, 15) is 4.79 Å². The van der Waals surface area contributed by atoms with Gasteiger partial charge in [0.1, 0.15) is 6.04 Å². The Kier molecular flexibility index (Phi) is 4.03. The third-order valence-electron chi connectivity index (χ3n) is 3.72. The van der Waals surface area contributed by atoms with Crippen molar-refractivity contribution in [3.8, 4) is 0 Å². The second-order valence-corrected chi connectivity index (χ2v) is 5.57. The van der Waals surface area contributed by atoms with Crippen LogP contribution in [0.2, 0.25) is 0 Å². The van der Waals surface area contributed by atoms with Gasteiger partial charge in [-0.2, -0.15) is 0 Å². The van der Waals surface area contributed by atoms with Gasteiger partial charge in [0.15, 0.2) is 0 Å². The van der Waals surface area contributed by atoms with Crippen LogP contribution in [0, 0.1) is 6.92 Å². The van der Waals surface area contributed by atoms with Gasteiger partial charge in [0.2, 0.25) is 11.9 Å². The van der Waals surface area contributed by atoms with E-state index >= 15 is 0 Å². The maximum atomic E-state index is 12.4. The van der Waals surface area contributed by atoms with Crippen LogP contribution in [0.3, 0.4) is 0 Å². The predicted molar refractivity (Wildman–Crippen MR) is 77.8 cm³/mol. The highest BCUT2D eigenvalue weighted by molar-refractivity contribution is 5.85. The Labute approximate surface area is 123 Å². The van der Waals surface area contributed by atoms with Crippen molar-refractivity contribution in [2.75, 3.05) is 24.7 Å². The summed E-state index contributed by atoms with van der Waals surface area (Å²) in [5, 5.41) is 3.03. The lowest BCUT2D eigenvalue weighted by Gasteiger charge is -2.34. The summed E-state index contributed by atoms with van der Waals surface area (Å²) >= 11 is 0. The molecule has 1 unspecified atom stereocenters. The first-order valence-electron chi connectivity index (χ1n) is 7.37. The molecule has 1 aromatic rings. The summed E-state index contributed by atoms with van der Waals surface area (Å²) in [7, 11) is 0. The van der Waals surface area contributed by atoms with Crippen LogP contribution in [0.1, 0.15) is 24.2 Å². The first-order valence-corrected chi connectivity index (χ1v) is 7.37. The van der Waals surface area contributed by atoms with Gasteiger partial charge >= 0.3 is 0 Å². The van der Waals surface area contributed by atoms with Gasteiger partial charge in [0.05, 0.1) is 18.9 Å². The Morgan fingerprint density at radius 3 is 3.05 bits per heavy atom. The third kappa shape index (κ3) is 3.30. The van der Waals surface area contributed by atoms with E-state index in [1.807, 2.05) is 17.9 Å². The number of carbonyl (C=O) groups is 1. The molecule has 114 valence electrons. The van der Waals surface area contributed by atoms with E-state index in [4.69, 9.17) is 10.5 Å². The van der Waals surface area contributed by atoms with Crippen LogP contribution in [-0.2, 0) is 16.1 Å². The molecular weight excluding hydrogens is 270 g/mol. The number of aromatic nitrogens is 2. The van der Waals surface area contributed by atoms with Gasteiger partial charge in [0, 0.05) is 24.8 Å². The van der Waals surface area contributed by atoms with Crippen molar-refractivity contribution >= 4 is 11.9 Å². The number of anilines is 1. The van der Waals surface area contributed by atoms with Crippen molar-refractivity contribution < 1.29 is 9.53 Å². The highest BCUT2D eigenvalue weighted by atomic mass is 16.5. The van der Waals surface area contributed by atoms with E-state index in [2.05, 4.69) is 15.3 Å². The lowest BCUT2D eigenvalue weighted by atomic mass is 10.2. The summed E-state index contributed by atoms with van der Waals surface area (Å²) in [6.45, 7) is 3.82. The number of carbonyl (C=O) groups excluding carboxylic acids is 1. The number of nitrogens with one attached hydrogen (secondary N) is 1. The van der Waals surface area contributed by atoms with E-state index in [0.717, 1.165) is 24.2 Å². The monoisotopic (exact) mass is 291 g/mol. The van der Waals surface area contributed by atoms with Gasteiger partial charge in [-0.15, -0.1) is 0 Å². The zero-order valence-electron chi connectivity index (χ0n) is 12.2. The molecule has 21 heavy (non-hydrogen) atoms. The van der Waals surface area contributed by atoms with Crippen molar-refractivity contribution in [2.45, 2.75) is 38.4 Å². The lowest BCUT2D eigenvalue weighted by molar-refractivity contribution is -0.124. The molecule has 1 aliphatic carbocycles. The lowest BCUT2D eigenvalue weighted by Crippen LogP contribution is -2.55. The van der Waals surface area contributed by atoms with Crippen molar-refractivity contribution in [1.29, 1.82) is 0 Å². The molecule has 0 aromatic carbocycles. The molecule has 2 fully saturated rings. The van der Waals surface area contributed by atoms with E-state index in [0.29, 0.717) is 38.3 Å². The Hall–Kier alpha value is -1.73. The summed E-state index contributed by atoms with van der Waals surface area (Å²) in [5.74, 6) is 0.561. The molecule has 1 aliphatic heterocycles. The van der Waals surface area contributed by atoms with Crippen molar-refractivity contribution in [3.63, 3.8) is 0 Å². The molecule has 2 heterocycles. The predicted octanol–water partition coefficient (Wildman–Crippen LogP) is -0.272. The zero-order chi connectivity index (χ0) is 14.8. The van der Waals surface area contributed by atoms with E-state index in [1.165, 1.54) is 0 Å². The second-order valence-electron chi connectivity index (χ2n) is 5.57. The number of morpholine rings is 1. The first kappa shape index (κ1) is 14.2. The highest BCUT2D eigenvalue weighted by Crippen LogP contribution is 2.21. The molecule has 1 aromatic heterocycles. The van der Waals surface area contributed by atoms with Crippen LogP contribution in [0.4, 0.5) is 5.95 Å². The topological polar surface area (TPSA) is 93.4 Å². The maximum absolute atomic E-state index is 12.4. The fraction of sp³-hybridized carbons (Fsp3) is 0.643. The average molecular weight is 291 g/mol. The molecule has 7 heteroatoms. The maximum Gasteiger partial charge on any atom is 0.245 e. The van der Waals surface area contributed by atoms with Crippen LogP contribution < -0.4 is 16.0 Å². The number of amides is 1. The minimum Gasteiger partial charge on any atom is -0.377 e. The fourth-order valence-electron chi connectivity index (χ4n) is 2.44. The Morgan fingerprint density at radius 2 is 2.33 bits per heavy atom.